The minimum atomic E-state index is -4.86. The lowest BCUT2D eigenvalue weighted by molar-refractivity contribution is 0.255. The van der Waals surface area contributed by atoms with E-state index in [0.717, 1.165) is 10.3 Å². The Balaban J connectivity index is 1.40. The predicted molar refractivity (Wildman–Crippen MR) is 235 cm³/mol. The Labute approximate surface area is 362 Å². The zero-order valence-electron chi connectivity index (χ0n) is 34.0. The lowest BCUT2D eigenvalue weighted by Crippen LogP contribution is -2.33. The number of para-hydroxylation sites is 1. The van der Waals surface area contributed by atoms with Crippen LogP contribution in [-0.2, 0) is 39.5 Å². The van der Waals surface area contributed by atoms with Gasteiger partial charge in [0.1, 0.15) is 22.1 Å². The van der Waals surface area contributed by atoms with Gasteiger partial charge in [-0.15, -0.1) is 10.2 Å². The third-order valence-corrected chi connectivity index (χ3v) is 15.8. The molecule has 5 aromatic carbocycles. The second-order valence-electron chi connectivity index (χ2n) is 14.7. The zero-order valence-corrected chi connectivity index (χ0v) is 36.5. The molecule has 0 bridgehead atoms. The molecule has 1 saturated heterocycles. The van der Waals surface area contributed by atoms with Crippen LogP contribution in [0.15, 0.2) is 113 Å². The number of aliphatic hydroxyl groups excluding tert-OH is 1. The van der Waals surface area contributed by atoms with Crippen molar-refractivity contribution in [2.45, 2.75) is 47.1 Å². The number of sulfonamides is 1. The Morgan fingerprint density at radius 3 is 1.97 bits per heavy atom. The van der Waals surface area contributed by atoms with Crippen molar-refractivity contribution in [1.29, 1.82) is 0 Å². The summed E-state index contributed by atoms with van der Waals surface area (Å²) in [5, 5.41) is 25.8. The summed E-state index contributed by atoms with van der Waals surface area (Å²) in [6.07, 6.45) is 0.0600. The van der Waals surface area contributed by atoms with Crippen LogP contribution in [0.3, 0.4) is 0 Å². The molecule has 62 heavy (non-hydrogen) atoms. The van der Waals surface area contributed by atoms with Crippen LogP contribution in [0.5, 0.6) is 17.2 Å². The fourth-order valence-electron chi connectivity index (χ4n) is 7.54. The number of aliphatic hydroxyl groups is 1. The summed E-state index contributed by atoms with van der Waals surface area (Å²) in [6.45, 7) is -0.453. The number of hydrogen-bond acceptors (Lipinski definition) is 15. The van der Waals surface area contributed by atoms with E-state index in [1.165, 1.54) is 40.7 Å². The second kappa shape index (κ2) is 17.8. The molecule has 0 aliphatic carbocycles. The number of rotatable bonds is 16. The van der Waals surface area contributed by atoms with Gasteiger partial charge < -0.3 is 30.4 Å². The number of tetrazole rings is 1. The highest BCUT2D eigenvalue weighted by Crippen LogP contribution is 2.45. The Bertz CT molecular complexity index is 2880. The summed E-state index contributed by atoms with van der Waals surface area (Å²) in [4.78, 5) is 4.97. The maximum Gasteiger partial charge on any atom is 0.245 e. The first-order valence-electron chi connectivity index (χ1n) is 19.5. The first-order chi connectivity index (χ1) is 29.9. The van der Waals surface area contributed by atoms with Crippen molar-refractivity contribution in [2.75, 3.05) is 40.2 Å². The minimum Gasteiger partial charge on any atom is -0.497 e. The highest BCUT2D eigenvalue weighted by molar-refractivity contribution is 7.94. The van der Waals surface area contributed by atoms with Gasteiger partial charge in [-0.25, -0.2) is 21.8 Å². The van der Waals surface area contributed by atoms with Gasteiger partial charge in [-0.1, -0.05) is 65.9 Å². The number of nitrogens with two attached hydrogens (primary N) is 1. The summed E-state index contributed by atoms with van der Waals surface area (Å²) < 4.78 is 80.2. The summed E-state index contributed by atoms with van der Waals surface area (Å²) >= 11 is 1.26. The van der Waals surface area contributed by atoms with Gasteiger partial charge in [-0.05, 0) is 82.4 Å². The number of benzene rings is 5. The molecule has 0 spiro atoms. The van der Waals surface area contributed by atoms with Crippen molar-refractivity contribution in [2.24, 2.45) is 0 Å². The molecule has 2 aromatic heterocycles. The third-order valence-electron chi connectivity index (χ3n) is 10.8. The van der Waals surface area contributed by atoms with Crippen LogP contribution in [0.4, 0.5) is 5.13 Å². The molecular formula is C43H44N8O8S3. The topological polar surface area (TPSA) is 214 Å². The molecule has 16 nitrogen and oxygen atoms in total. The lowest BCUT2D eigenvalue weighted by Gasteiger charge is -2.27. The summed E-state index contributed by atoms with van der Waals surface area (Å²) in [5.41, 5.74) is 9.44. The fraction of sp³-hybridized carbons (Fsp3) is 0.256. The molecule has 19 heteroatoms. The van der Waals surface area contributed by atoms with Crippen molar-refractivity contribution < 1.29 is 36.2 Å². The molecule has 4 N–H and O–H groups in total. The van der Waals surface area contributed by atoms with Gasteiger partial charge in [0.2, 0.25) is 15.8 Å². The number of aromatic nitrogens is 5. The van der Waals surface area contributed by atoms with E-state index >= 15 is 16.8 Å². The van der Waals surface area contributed by atoms with Crippen LogP contribution in [0, 0.1) is 0 Å². The lowest BCUT2D eigenvalue weighted by atomic mass is 9.98. The molecule has 0 unspecified atom stereocenters. The highest BCUT2D eigenvalue weighted by atomic mass is 32.2. The molecular weight excluding hydrogens is 853 g/mol. The van der Waals surface area contributed by atoms with E-state index in [1.54, 1.807) is 86.0 Å². The van der Waals surface area contributed by atoms with Gasteiger partial charge in [0.05, 0.1) is 60.4 Å². The van der Waals surface area contributed by atoms with Gasteiger partial charge >= 0.3 is 0 Å². The Kier molecular flexibility index (Phi) is 12.3. The minimum absolute atomic E-state index is 0.000749. The Morgan fingerprint density at radius 1 is 0.806 bits per heavy atom. The number of sulfone groups is 1. The number of hydrogen-bond donors (Lipinski definition) is 3. The smallest absolute Gasteiger partial charge is 0.245 e. The molecule has 3 heterocycles. The number of nitrogens with zero attached hydrogens (tertiary/aromatic N) is 6. The standard InChI is InChI=1S/C43H44N8O8S3/c1-57-31-13-7-27(8-14-31)23-50(24-28-9-15-32(58-2)16-10-28)62(55,56)41-38(61(53,54)34-21-30(26-52)45-22-34)20-19-35(36-5-4-6-37-40(36)46-43(44)60-37)39(41)42-47-49-51(48-42)25-29-11-17-33(59-3)18-12-29/h4-20,30,34,45,52H,21-26H2,1-3H3,(H2,44,46)/t30-,34+/m0/s1. The first kappa shape index (κ1) is 42.7. The van der Waals surface area contributed by atoms with Crippen LogP contribution < -0.4 is 25.3 Å². The molecule has 1 aliphatic rings. The van der Waals surface area contributed by atoms with E-state index < -0.39 is 40.9 Å². The number of ether oxygens (including phenoxy) is 3. The molecule has 8 rings (SSSR count). The van der Waals surface area contributed by atoms with Gasteiger partial charge in [0.15, 0.2) is 15.0 Å². The summed E-state index contributed by atoms with van der Waals surface area (Å²) in [6, 6.07) is 29.0. The van der Waals surface area contributed by atoms with Crippen LogP contribution in [0.2, 0.25) is 0 Å². The predicted octanol–water partition coefficient (Wildman–Crippen LogP) is 5.16. The van der Waals surface area contributed by atoms with Crippen LogP contribution in [0.1, 0.15) is 23.1 Å². The number of nitrogens with one attached hydrogen (secondary N) is 1. The van der Waals surface area contributed by atoms with Crippen molar-refractivity contribution in [3.63, 3.8) is 0 Å². The average Bonchev–Trinajstić information content (AvgIpc) is 4.06. The average molecular weight is 897 g/mol. The molecule has 0 amide bonds. The number of fused-ring (bicyclic) bond motifs is 1. The van der Waals surface area contributed by atoms with Gasteiger partial charge in [-0.2, -0.15) is 9.10 Å². The Hall–Kier alpha value is -5.96. The van der Waals surface area contributed by atoms with Crippen molar-refractivity contribution in [3.05, 3.63) is 120 Å². The summed E-state index contributed by atoms with van der Waals surface area (Å²) in [7, 11) is -4.66. The zero-order chi connectivity index (χ0) is 43.6. The van der Waals surface area contributed by atoms with E-state index in [9.17, 15) is 5.11 Å². The number of anilines is 1. The van der Waals surface area contributed by atoms with Crippen molar-refractivity contribution in [1.82, 2.24) is 34.8 Å². The fourth-order valence-corrected chi connectivity index (χ4v) is 12.4. The van der Waals surface area contributed by atoms with Gasteiger partial charge in [-0.3, -0.25) is 0 Å². The molecule has 7 aromatic rings. The van der Waals surface area contributed by atoms with E-state index in [2.05, 4.69) is 20.6 Å². The Morgan fingerprint density at radius 2 is 1.40 bits per heavy atom. The summed E-state index contributed by atoms with van der Waals surface area (Å²) in [5.74, 6) is 1.69. The normalized spacial score (nSPS) is 15.6. The quantitative estimate of drug-likeness (QED) is 0.114. The van der Waals surface area contributed by atoms with Gasteiger partial charge in [0.25, 0.3) is 0 Å². The second-order valence-corrected chi connectivity index (χ2v) is 19.8. The molecule has 2 atom stereocenters. The third kappa shape index (κ3) is 8.59. The van der Waals surface area contributed by atoms with Crippen LogP contribution in [-0.4, -0.2) is 97.2 Å². The highest BCUT2D eigenvalue weighted by Gasteiger charge is 2.42. The van der Waals surface area contributed by atoms with Crippen LogP contribution >= 0.6 is 11.3 Å². The maximum atomic E-state index is 16.0. The molecule has 1 fully saturated rings. The van der Waals surface area contributed by atoms with E-state index in [4.69, 9.17) is 25.0 Å². The van der Waals surface area contributed by atoms with Crippen molar-refractivity contribution >= 4 is 46.5 Å². The van der Waals surface area contributed by atoms with E-state index in [0.29, 0.717) is 50.2 Å². The largest absolute Gasteiger partial charge is 0.497 e. The molecule has 0 saturated carbocycles. The van der Waals surface area contributed by atoms with Gasteiger partial charge in [0, 0.05) is 31.2 Å². The number of methoxy groups -OCH3 is 3. The van der Waals surface area contributed by atoms with E-state index in [-0.39, 0.29) is 50.6 Å². The van der Waals surface area contributed by atoms with E-state index in [1.807, 2.05) is 18.2 Å². The van der Waals surface area contributed by atoms with Crippen molar-refractivity contribution in [3.8, 4) is 39.8 Å². The molecule has 0 radical (unpaired) electrons. The molecule has 1 aliphatic heterocycles. The first-order valence-corrected chi connectivity index (χ1v) is 23.3. The number of thiazole rings is 1. The number of nitrogen functional groups attached to an aromatic ring is 1. The van der Waals surface area contributed by atoms with Crippen LogP contribution in [0.25, 0.3) is 32.7 Å². The maximum absolute atomic E-state index is 16.0. The SMILES string of the molecule is COc1ccc(CN(Cc2ccc(OC)cc2)S(=O)(=O)c2c(S(=O)(=O)[C@H]3CN[C@H](CO)C3)ccc(-c3cccc4sc(N)nc34)c2-c2nnn(Cc3ccc(OC)cc3)n2)cc1. The monoisotopic (exact) mass is 896 g/mol. The molecule has 322 valence electrons.